The van der Waals surface area contributed by atoms with Gasteiger partial charge in [0, 0.05) is 37.8 Å². The molecule has 2 saturated heterocycles. The summed E-state index contributed by atoms with van der Waals surface area (Å²) in [5.41, 5.74) is 6.77. The number of nitrogens with two attached hydrogens (primary N) is 1. The maximum absolute atomic E-state index is 6.66. The lowest BCUT2D eigenvalue weighted by atomic mass is 9.76. The Hall–Kier alpha value is -0.120. The van der Waals surface area contributed by atoms with Crippen molar-refractivity contribution in [1.82, 2.24) is 9.80 Å². The fraction of sp³-hybridized carbons (Fsp3) is 1.00. The van der Waals surface area contributed by atoms with E-state index in [0.717, 1.165) is 18.5 Å². The molecule has 3 fully saturated rings. The van der Waals surface area contributed by atoms with Gasteiger partial charge >= 0.3 is 0 Å². The highest BCUT2D eigenvalue weighted by atomic mass is 15.3. The first-order chi connectivity index (χ1) is 8.65. The van der Waals surface area contributed by atoms with Gasteiger partial charge in [-0.25, -0.2) is 0 Å². The summed E-state index contributed by atoms with van der Waals surface area (Å²) >= 11 is 0. The van der Waals surface area contributed by atoms with Crippen molar-refractivity contribution in [2.24, 2.45) is 11.7 Å². The molecule has 0 bridgehead atoms. The van der Waals surface area contributed by atoms with E-state index in [0.29, 0.717) is 0 Å². The second-order valence-corrected chi connectivity index (χ2v) is 7.13. The molecule has 3 unspecified atom stereocenters. The van der Waals surface area contributed by atoms with Crippen molar-refractivity contribution < 1.29 is 0 Å². The van der Waals surface area contributed by atoms with Crippen molar-refractivity contribution >= 4 is 0 Å². The van der Waals surface area contributed by atoms with Crippen LogP contribution in [0.1, 0.15) is 45.4 Å². The molecule has 0 radical (unpaired) electrons. The molecule has 3 rings (SSSR count). The van der Waals surface area contributed by atoms with E-state index < -0.39 is 0 Å². The summed E-state index contributed by atoms with van der Waals surface area (Å²) in [5.74, 6) is 0.830. The maximum atomic E-state index is 6.66. The third-order valence-electron chi connectivity index (χ3n) is 5.34. The van der Waals surface area contributed by atoms with E-state index in [9.17, 15) is 0 Å². The molecule has 1 aliphatic carbocycles. The van der Waals surface area contributed by atoms with Crippen molar-refractivity contribution in [1.29, 1.82) is 0 Å². The number of hydrogen-bond acceptors (Lipinski definition) is 3. The average Bonchev–Trinajstić information content (AvgIpc) is 2.75. The molecule has 2 heterocycles. The molecule has 0 amide bonds. The fourth-order valence-corrected chi connectivity index (χ4v) is 4.49. The molecule has 3 aliphatic rings. The zero-order valence-corrected chi connectivity index (χ0v) is 11.9. The zero-order valence-electron chi connectivity index (χ0n) is 11.9. The van der Waals surface area contributed by atoms with Gasteiger partial charge in [0.25, 0.3) is 0 Å². The molecule has 2 N–H and O–H groups in total. The van der Waals surface area contributed by atoms with Crippen LogP contribution in [0.2, 0.25) is 0 Å². The number of nitrogens with zero attached hydrogens (tertiary/aromatic N) is 2. The molecule has 104 valence electrons. The first kappa shape index (κ1) is 12.9. The molecule has 18 heavy (non-hydrogen) atoms. The number of fused-ring (bicyclic) bond motifs is 1. The minimum atomic E-state index is 0.110. The molecular weight excluding hydrogens is 222 g/mol. The molecule has 3 nitrogen and oxygen atoms in total. The van der Waals surface area contributed by atoms with Crippen LogP contribution >= 0.6 is 0 Å². The van der Waals surface area contributed by atoms with Gasteiger partial charge in [-0.15, -0.1) is 0 Å². The first-order valence-electron chi connectivity index (χ1n) is 7.90. The Kier molecular flexibility index (Phi) is 3.65. The van der Waals surface area contributed by atoms with E-state index in [1.54, 1.807) is 0 Å². The van der Waals surface area contributed by atoms with Crippen molar-refractivity contribution in [2.45, 2.75) is 57.0 Å². The van der Waals surface area contributed by atoms with E-state index in [-0.39, 0.29) is 5.54 Å². The Morgan fingerprint density at radius 2 is 2.06 bits per heavy atom. The van der Waals surface area contributed by atoms with Crippen molar-refractivity contribution in [3.05, 3.63) is 0 Å². The second-order valence-electron chi connectivity index (χ2n) is 7.13. The van der Waals surface area contributed by atoms with Crippen molar-refractivity contribution in [3.63, 3.8) is 0 Å². The molecule has 3 atom stereocenters. The van der Waals surface area contributed by atoms with Crippen LogP contribution in [0, 0.1) is 5.92 Å². The topological polar surface area (TPSA) is 32.5 Å². The fourth-order valence-electron chi connectivity index (χ4n) is 4.49. The molecule has 3 heteroatoms. The largest absolute Gasteiger partial charge is 0.324 e. The standard InChI is InChI=1S/C15H29N3/c1-13-4-2-6-15(16,10-13)12-17-8-9-18-7-3-5-14(18)11-17/h13-14H,2-12,16H2,1H3. The van der Waals surface area contributed by atoms with Crippen LogP contribution < -0.4 is 5.73 Å². The average molecular weight is 251 g/mol. The Morgan fingerprint density at radius 3 is 2.89 bits per heavy atom. The lowest BCUT2D eigenvalue weighted by molar-refractivity contribution is 0.0712. The summed E-state index contributed by atoms with van der Waals surface area (Å²) in [7, 11) is 0. The SMILES string of the molecule is CC1CCCC(N)(CN2CCN3CCCC3C2)C1. The summed E-state index contributed by atoms with van der Waals surface area (Å²) in [6, 6.07) is 0.836. The Morgan fingerprint density at radius 1 is 1.17 bits per heavy atom. The third-order valence-corrected chi connectivity index (χ3v) is 5.34. The van der Waals surface area contributed by atoms with Crippen LogP contribution in [-0.2, 0) is 0 Å². The Bertz CT molecular complexity index is 293. The zero-order chi connectivity index (χ0) is 12.6. The molecule has 0 aromatic carbocycles. The highest BCUT2D eigenvalue weighted by Crippen LogP contribution is 2.32. The van der Waals surface area contributed by atoms with Crippen LogP contribution in [0.5, 0.6) is 0 Å². The minimum Gasteiger partial charge on any atom is -0.324 e. The van der Waals surface area contributed by atoms with E-state index in [2.05, 4.69) is 16.7 Å². The van der Waals surface area contributed by atoms with Gasteiger partial charge in [0.05, 0.1) is 0 Å². The van der Waals surface area contributed by atoms with Crippen LogP contribution in [0.3, 0.4) is 0 Å². The normalized spacial score (nSPS) is 43.0. The molecule has 0 aromatic heterocycles. The molecule has 0 spiro atoms. The number of rotatable bonds is 2. The lowest BCUT2D eigenvalue weighted by Gasteiger charge is -2.44. The predicted octanol–water partition coefficient (Wildman–Crippen LogP) is 1.67. The third kappa shape index (κ3) is 2.73. The van der Waals surface area contributed by atoms with E-state index >= 15 is 0 Å². The molecule has 1 saturated carbocycles. The van der Waals surface area contributed by atoms with Gasteiger partial charge < -0.3 is 5.73 Å². The van der Waals surface area contributed by atoms with Crippen molar-refractivity contribution in [3.8, 4) is 0 Å². The van der Waals surface area contributed by atoms with Crippen LogP contribution in [0.15, 0.2) is 0 Å². The Balaban J connectivity index is 1.56. The van der Waals surface area contributed by atoms with E-state index in [1.165, 1.54) is 64.7 Å². The number of hydrogen-bond donors (Lipinski definition) is 1. The highest BCUT2D eigenvalue weighted by Gasteiger charge is 2.36. The molecule has 0 aromatic rings. The van der Waals surface area contributed by atoms with Crippen LogP contribution in [0.25, 0.3) is 0 Å². The van der Waals surface area contributed by atoms with Gasteiger partial charge in [-0.05, 0) is 38.1 Å². The van der Waals surface area contributed by atoms with E-state index in [4.69, 9.17) is 5.73 Å². The van der Waals surface area contributed by atoms with Crippen LogP contribution in [0.4, 0.5) is 0 Å². The monoisotopic (exact) mass is 251 g/mol. The first-order valence-corrected chi connectivity index (χ1v) is 7.90. The minimum absolute atomic E-state index is 0.110. The number of piperazine rings is 1. The van der Waals surface area contributed by atoms with Gasteiger partial charge in [-0.2, -0.15) is 0 Å². The summed E-state index contributed by atoms with van der Waals surface area (Å²) in [5, 5.41) is 0. The quantitative estimate of drug-likeness (QED) is 0.810. The smallest absolute Gasteiger partial charge is 0.0285 e. The molecular formula is C15H29N3. The van der Waals surface area contributed by atoms with Gasteiger partial charge in [0.2, 0.25) is 0 Å². The summed E-state index contributed by atoms with van der Waals surface area (Å²) in [6.07, 6.45) is 8.00. The Labute approximate surface area is 112 Å². The summed E-state index contributed by atoms with van der Waals surface area (Å²) < 4.78 is 0. The van der Waals surface area contributed by atoms with Crippen molar-refractivity contribution in [2.75, 3.05) is 32.7 Å². The molecule has 2 aliphatic heterocycles. The summed E-state index contributed by atoms with van der Waals surface area (Å²) in [6.45, 7) is 8.63. The van der Waals surface area contributed by atoms with Gasteiger partial charge in [-0.1, -0.05) is 19.8 Å². The maximum Gasteiger partial charge on any atom is 0.0285 e. The second kappa shape index (κ2) is 5.10. The van der Waals surface area contributed by atoms with Gasteiger partial charge in [0.1, 0.15) is 0 Å². The summed E-state index contributed by atoms with van der Waals surface area (Å²) in [4.78, 5) is 5.34. The van der Waals surface area contributed by atoms with Gasteiger partial charge in [0.15, 0.2) is 0 Å². The van der Waals surface area contributed by atoms with E-state index in [1.807, 2.05) is 0 Å². The van der Waals surface area contributed by atoms with Crippen LogP contribution in [-0.4, -0.2) is 54.1 Å². The highest BCUT2D eigenvalue weighted by molar-refractivity contribution is 4.95. The predicted molar refractivity (Wildman–Crippen MR) is 75.6 cm³/mol. The van der Waals surface area contributed by atoms with Gasteiger partial charge in [-0.3, -0.25) is 9.80 Å². The lowest BCUT2D eigenvalue weighted by Crippen LogP contribution is -2.58.